The first-order valence-electron chi connectivity index (χ1n) is 7.30. The fourth-order valence-electron chi connectivity index (χ4n) is 2.42. The Bertz CT molecular complexity index is 1010. The van der Waals surface area contributed by atoms with E-state index in [1.807, 2.05) is 29.6 Å². The van der Waals surface area contributed by atoms with Gasteiger partial charge in [0, 0.05) is 34.6 Å². The lowest BCUT2D eigenvalue weighted by Crippen LogP contribution is -2.11. The van der Waals surface area contributed by atoms with Crippen LogP contribution in [0.1, 0.15) is 10.4 Å². The number of nitrogens with zero attached hydrogens (tertiary/aromatic N) is 3. The van der Waals surface area contributed by atoms with Gasteiger partial charge in [-0.3, -0.25) is 14.8 Å². The average molecular weight is 332 g/mol. The van der Waals surface area contributed by atoms with Gasteiger partial charge in [0.1, 0.15) is 0 Å². The molecule has 4 rings (SSSR count). The Kier molecular flexibility index (Phi) is 3.72. The quantitative estimate of drug-likeness (QED) is 0.615. The summed E-state index contributed by atoms with van der Waals surface area (Å²) in [7, 11) is 0. The molecule has 2 aromatic carbocycles. The minimum Gasteiger partial charge on any atom is -0.322 e. The molecule has 1 N–H and O–H groups in total. The molecule has 2 aromatic heterocycles. The van der Waals surface area contributed by atoms with Crippen molar-refractivity contribution in [1.29, 1.82) is 0 Å². The third-order valence-corrected chi connectivity index (χ3v) is 4.17. The Hall–Kier alpha value is -3.12. The number of aromatic nitrogens is 3. The molecule has 24 heavy (non-hydrogen) atoms. The van der Waals surface area contributed by atoms with E-state index in [2.05, 4.69) is 20.3 Å². The van der Waals surface area contributed by atoms with Crippen molar-refractivity contribution in [2.75, 3.05) is 5.32 Å². The monoisotopic (exact) mass is 332 g/mol. The smallest absolute Gasteiger partial charge is 0.255 e. The fourth-order valence-corrected chi connectivity index (χ4v) is 2.98. The van der Waals surface area contributed by atoms with Gasteiger partial charge < -0.3 is 5.32 Å². The molecule has 0 radical (unpaired) electrons. The van der Waals surface area contributed by atoms with Crippen LogP contribution in [0.2, 0.25) is 0 Å². The molecule has 116 valence electrons. The second-order valence-corrected chi connectivity index (χ2v) is 5.89. The van der Waals surface area contributed by atoms with Crippen LogP contribution in [0, 0.1) is 0 Å². The summed E-state index contributed by atoms with van der Waals surface area (Å²) in [6.07, 6.45) is 3.24. The highest BCUT2D eigenvalue weighted by Gasteiger charge is 2.09. The first-order chi connectivity index (χ1) is 11.8. The van der Waals surface area contributed by atoms with Crippen LogP contribution in [-0.2, 0) is 0 Å². The van der Waals surface area contributed by atoms with E-state index in [-0.39, 0.29) is 5.91 Å². The minimum absolute atomic E-state index is 0.182. The molecule has 0 bridgehead atoms. The summed E-state index contributed by atoms with van der Waals surface area (Å²) in [5, 5.41) is 4.89. The van der Waals surface area contributed by atoms with Crippen molar-refractivity contribution in [2.45, 2.75) is 0 Å². The van der Waals surface area contributed by atoms with Gasteiger partial charge in [-0.1, -0.05) is 12.1 Å². The summed E-state index contributed by atoms with van der Waals surface area (Å²) in [5.41, 5.74) is 6.39. The van der Waals surface area contributed by atoms with E-state index in [1.165, 1.54) is 0 Å². The maximum absolute atomic E-state index is 12.5. The highest BCUT2D eigenvalue weighted by Crippen LogP contribution is 2.23. The molecule has 4 aromatic rings. The normalized spacial score (nSPS) is 10.7. The average Bonchev–Trinajstić information content (AvgIpc) is 3.16. The van der Waals surface area contributed by atoms with Crippen molar-refractivity contribution in [2.24, 2.45) is 0 Å². The summed E-state index contributed by atoms with van der Waals surface area (Å²) in [6.45, 7) is 0. The number of carbonyl (C=O) groups excluding carboxylic acids is 1. The molecule has 0 aliphatic carbocycles. The third-order valence-electron chi connectivity index (χ3n) is 3.58. The Labute approximate surface area is 142 Å². The molecule has 0 saturated heterocycles. The van der Waals surface area contributed by atoms with Crippen molar-refractivity contribution < 1.29 is 4.79 Å². The second kappa shape index (κ2) is 6.17. The van der Waals surface area contributed by atoms with Crippen molar-refractivity contribution in [3.05, 3.63) is 71.3 Å². The van der Waals surface area contributed by atoms with E-state index in [0.29, 0.717) is 11.1 Å². The van der Waals surface area contributed by atoms with E-state index in [9.17, 15) is 4.79 Å². The Morgan fingerprint density at radius 3 is 2.67 bits per heavy atom. The van der Waals surface area contributed by atoms with Crippen LogP contribution in [0.25, 0.3) is 22.3 Å². The van der Waals surface area contributed by atoms with Gasteiger partial charge in [0.15, 0.2) is 0 Å². The third kappa shape index (κ3) is 2.87. The van der Waals surface area contributed by atoms with Crippen molar-refractivity contribution in [3.63, 3.8) is 0 Å². The first-order valence-corrected chi connectivity index (χ1v) is 8.25. The highest BCUT2D eigenvalue weighted by atomic mass is 32.1. The summed E-state index contributed by atoms with van der Waals surface area (Å²) >= 11 is 1.54. The van der Waals surface area contributed by atoms with E-state index < -0.39 is 0 Å². The van der Waals surface area contributed by atoms with Gasteiger partial charge in [-0.2, -0.15) is 0 Å². The van der Waals surface area contributed by atoms with Gasteiger partial charge in [-0.05, 0) is 30.3 Å². The molecular formula is C18H12N4OS. The number of fused-ring (bicyclic) bond motifs is 1. The van der Waals surface area contributed by atoms with Gasteiger partial charge in [-0.15, -0.1) is 11.3 Å². The lowest BCUT2D eigenvalue weighted by Gasteiger charge is -2.07. The number of carbonyl (C=O) groups is 1. The van der Waals surface area contributed by atoms with E-state index >= 15 is 0 Å². The highest BCUT2D eigenvalue weighted by molar-refractivity contribution is 7.07. The predicted octanol–water partition coefficient (Wildman–Crippen LogP) is 4.01. The molecule has 2 heterocycles. The van der Waals surface area contributed by atoms with Gasteiger partial charge in [0.25, 0.3) is 5.91 Å². The van der Waals surface area contributed by atoms with Gasteiger partial charge in [-0.25, -0.2) is 4.98 Å². The first kappa shape index (κ1) is 14.5. The van der Waals surface area contributed by atoms with Crippen LogP contribution in [0.3, 0.4) is 0 Å². The molecule has 0 aliphatic heterocycles. The summed E-state index contributed by atoms with van der Waals surface area (Å²) in [4.78, 5) is 25.2. The van der Waals surface area contributed by atoms with Crippen LogP contribution in [-0.4, -0.2) is 20.9 Å². The number of amides is 1. The summed E-state index contributed by atoms with van der Waals surface area (Å²) in [5.74, 6) is -0.182. The maximum atomic E-state index is 12.5. The number of anilines is 1. The molecule has 0 spiro atoms. The van der Waals surface area contributed by atoms with Crippen molar-refractivity contribution in [1.82, 2.24) is 15.0 Å². The SMILES string of the molecule is O=C(Nc1cccc(-c2cscn2)c1)c1ccc2nccnc2c1. The van der Waals surface area contributed by atoms with Crippen LogP contribution < -0.4 is 5.32 Å². The van der Waals surface area contributed by atoms with Gasteiger partial charge in [0.05, 0.1) is 22.2 Å². The second-order valence-electron chi connectivity index (χ2n) is 5.17. The lowest BCUT2D eigenvalue weighted by molar-refractivity contribution is 0.102. The molecule has 0 aliphatic rings. The molecule has 0 unspecified atom stereocenters. The van der Waals surface area contributed by atoms with Crippen molar-refractivity contribution >= 4 is 34.0 Å². The molecule has 0 fully saturated rings. The van der Waals surface area contributed by atoms with Gasteiger partial charge >= 0.3 is 0 Å². The van der Waals surface area contributed by atoms with E-state index in [1.54, 1.807) is 47.4 Å². The minimum atomic E-state index is -0.182. The number of benzene rings is 2. The van der Waals surface area contributed by atoms with Crippen LogP contribution in [0.15, 0.2) is 65.7 Å². The molecular weight excluding hydrogens is 320 g/mol. The Morgan fingerprint density at radius 2 is 1.83 bits per heavy atom. The predicted molar refractivity (Wildman–Crippen MR) is 95.0 cm³/mol. The number of hydrogen-bond donors (Lipinski definition) is 1. The maximum Gasteiger partial charge on any atom is 0.255 e. The molecule has 6 heteroatoms. The lowest BCUT2D eigenvalue weighted by atomic mass is 10.1. The van der Waals surface area contributed by atoms with Crippen LogP contribution in [0.5, 0.6) is 0 Å². The molecule has 1 amide bonds. The fraction of sp³-hybridized carbons (Fsp3) is 0. The molecule has 5 nitrogen and oxygen atoms in total. The zero-order valence-corrected chi connectivity index (χ0v) is 13.3. The number of nitrogens with one attached hydrogen (secondary N) is 1. The largest absolute Gasteiger partial charge is 0.322 e. The zero-order chi connectivity index (χ0) is 16.4. The van der Waals surface area contributed by atoms with Crippen LogP contribution in [0.4, 0.5) is 5.69 Å². The Balaban J connectivity index is 1.60. The van der Waals surface area contributed by atoms with Crippen LogP contribution >= 0.6 is 11.3 Å². The molecule has 0 saturated carbocycles. The van der Waals surface area contributed by atoms with E-state index in [0.717, 1.165) is 22.5 Å². The van der Waals surface area contributed by atoms with Gasteiger partial charge in [0.2, 0.25) is 0 Å². The number of hydrogen-bond acceptors (Lipinski definition) is 5. The summed E-state index contributed by atoms with van der Waals surface area (Å²) < 4.78 is 0. The topological polar surface area (TPSA) is 67.8 Å². The van der Waals surface area contributed by atoms with Crippen molar-refractivity contribution in [3.8, 4) is 11.3 Å². The van der Waals surface area contributed by atoms with E-state index in [4.69, 9.17) is 0 Å². The number of rotatable bonds is 3. The number of thiazole rings is 1. The molecule has 0 atom stereocenters. The standard InChI is InChI=1S/C18H12N4OS/c23-18(13-4-5-15-16(9-13)20-7-6-19-15)22-14-3-1-2-12(8-14)17-10-24-11-21-17/h1-11H,(H,22,23). The summed E-state index contributed by atoms with van der Waals surface area (Å²) in [6, 6.07) is 12.9. The Morgan fingerprint density at radius 1 is 0.958 bits per heavy atom. The zero-order valence-electron chi connectivity index (χ0n) is 12.5.